The van der Waals surface area contributed by atoms with Crippen LogP contribution in [0.2, 0.25) is 0 Å². The number of anilines is 1. The van der Waals surface area contributed by atoms with E-state index in [0.717, 1.165) is 29.7 Å². The number of amides is 3. The number of furan rings is 1. The molecule has 2 aromatic heterocycles. The van der Waals surface area contributed by atoms with Gasteiger partial charge < -0.3 is 20.8 Å². The van der Waals surface area contributed by atoms with Crippen molar-refractivity contribution in [2.75, 3.05) is 5.32 Å². The van der Waals surface area contributed by atoms with Crippen LogP contribution in [0.1, 0.15) is 51.6 Å². The molecule has 7 nitrogen and oxygen atoms in total. The second kappa shape index (κ2) is 7.33. The molecule has 0 fully saturated rings. The Morgan fingerprint density at radius 2 is 2.04 bits per heavy atom. The summed E-state index contributed by atoms with van der Waals surface area (Å²) in [6, 6.07) is 2.36. The Bertz CT molecular complexity index is 839. The summed E-state index contributed by atoms with van der Waals surface area (Å²) in [6.45, 7) is 3.66. The fourth-order valence-electron chi connectivity index (χ4n) is 3.10. The van der Waals surface area contributed by atoms with E-state index in [1.807, 2.05) is 13.8 Å². The van der Waals surface area contributed by atoms with Crippen molar-refractivity contribution in [3.05, 3.63) is 40.2 Å². The average molecular weight is 375 g/mol. The molecule has 8 heteroatoms. The van der Waals surface area contributed by atoms with Gasteiger partial charge in [-0.1, -0.05) is 13.8 Å². The van der Waals surface area contributed by atoms with Crippen molar-refractivity contribution in [2.45, 2.75) is 39.2 Å². The van der Waals surface area contributed by atoms with Crippen molar-refractivity contribution >= 4 is 34.1 Å². The first-order valence-corrected chi connectivity index (χ1v) is 9.29. The SMILES string of the molecule is CC(C)[C@H](NC(=O)c1ccco1)C(=O)Nc1sc2c(c1C(N)=O)CCC2. The molecule has 0 radical (unpaired) electrons. The number of fused-ring (bicyclic) bond motifs is 1. The number of nitrogens with two attached hydrogens (primary N) is 1. The number of carbonyl (C=O) groups excluding carboxylic acids is 3. The Morgan fingerprint density at radius 1 is 1.27 bits per heavy atom. The molecule has 0 saturated heterocycles. The summed E-state index contributed by atoms with van der Waals surface area (Å²) in [4.78, 5) is 37.9. The molecule has 0 spiro atoms. The maximum absolute atomic E-state index is 12.8. The molecule has 3 rings (SSSR count). The van der Waals surface area contributed by atoms with Crippen LogP contribution in [0.3, 0.4) is 0 Å². The Hall–Kier alpha value is -2.61. The largest absolute Gasteiger partial charge is 0.459 e. The third kappa shape index (κ3) is 3.50. The van der Waals surface area contributed by atoms with Crippen molar-refractivity contribution in [1.29, 1.82) is 0 Å². The van der Waals surface area contributed by atoms with Gasteiger partial charge in [0.1, 0.15) is 11.0 Å². The smallest absolute Gasteiger partial charge is 0.287 e. The summed E-state index contributed by atoms with van der Waals surface area (Å²) in [5.74, 6) is -1.41. The average Bonchev–Trinajstić information content (AvgIpc) is 3.27. The molecule has 26 heavy (non-hydrogen) atoms. The topological polar surface area (TPSA) is 114 Å². The minimum atomic E-state index is -0.773. The van der Waals surface area contributed by atoms with Gasteiger partial charge in [0.2, 0.25) is 5.91 Å². The number of thiophene rings is 1. The lowest BCUT2D eigenvalue weighted by Gasteiger charge is -2.21. The number of rotatable bonds is 6. The number of hydrogen-bond donors (Lipinski definition) is 3. The van der Waals surface area contributed by atoms with E-state index in [1.165, 1.54) is 23.7 Å². The highest BCUT2D eigenvalue weighted by Gasteiger charge is 2.30. The first-order chi connectivity index (χ1) is 12.4. The molecule has 0 aliphatic heterocycles. The van der Waals surface area contributed by atoms with Crippen molar-refractivity contribution in [1.82, 2.24) is 5.32 Å². The predicted octanol–water partition coefficient (Wildman–Crippen LogP) is 2.32. The zero-order chi connectivity index (χ0) is 18.8. The van der Waals surface area contributed by atoms with Gasteiger partial charge in [0.05, 0.1) is 11.8 Å². The Labute approximate surface area is 154 Å². The van der Waals surface area contributed by atoms with Crippen LogP contribution >= 0.6 is 11.3 Å². The third-order valence-corrected chi connectivity index (χ3v) is 5.59. The van der Waals surface area contributed by atoms with Crippen molar-refractivity contribution in [3.63, 3.8) is 0 Å². The van der Waals surface area contributed by atoms with Crippen LogP contribution < -0.4 is 16.4 Å². The number of nitrogens with one attached hydrogen (secondary N) is 2. The Balaban J connectivity index is 1.79. The van der Waals surface area contributed by atoms with E-state index in [9.17, 15) is 14.4 Å². The van der Waals surface area contributed by atoms with Gasteiger partial charge in [-0.25, -0.2) is 0 Å². The van der Waals surface area contributed by atoms with E-state index in [-0.39, 0.29) is 17.6 Å². The van der Waals surface area contributed by atoms with E-state index in [4.69, 9.17) is 10.2 Å². The van der Waals surface area contributed by atoms with Gasteiger partial charge in [0.15, 0.2) is 5.76 Å². The highest BCUT2D eigenvalue weighted by molar-refractivity contribution is 7.17. The van der Waals surface area contributed by atoms with Gasteiger partial charge in [-0.15, -0.1) is 11.3 Å². The third-order valence-electron chi connectivity index (χ3n) is 4.39. The monoisotopic (exact) mass is 375 g/mol. The molecule has 0 bridgehead atoms. The van der Waals surface area contributed by atoms with Crippen LogP contribution in [-0.4, -0.2) is 23.8 Å². The maximum Gasteiger partial charge on any atom is 0.287 e. The standard InChI is InChI=1S/C18H21N3O4S/c1-9(2)14(20-16(23)11-6-4-8-25-11)17(24)21-18-13(15(19)22)10-5-3-7-12(10)26-18/h4,6,8-9,14H,3,5,7H2,1-2H3,(H2,19,22)(H,20,23)(H,21,24)/t14-/m0/s1. The van der Waals surface area contributed by atoms with Crippen molar-refractivity contribution in [3.8, 4) is 0 Å². The lowest BCUT2D eigenvalue weighted by molar-refractivity contribution is -0.118. The highest BCUT2D eigenvalue weighted by atomic mass is 32.1. The van der Waals surface area contributed by atoms with E-state index in [2.05, 4.69) is 10.6 Å². The van der Waals surface area contributed by atoms with E-state index < -0.39 is 17.9 Å². The van der Waals surface area contributed by atoms with Gasteiger partial charge in [0.25, 0.3) is 11.8 Å². The number of hydrogen-bond acceptors (Lipinski definition) is 5. The second-order valence-corrected chi connectivity index (χ2v) is 7.69. The number of primary amides is 1. The van der Waals surface area contributed by atoms with Gasteiger partial charge in [-0.3, -0.25) is 14.4 Å². The van der Waals surface area contributed by atoms with E-state index >= 15 is 0 Å². The van der Waals surface area contributed by atoms with Gasteiger partial charge in [-0.05, 0) is 42.9 Å². The first kappa shape index (κ1) is 18.2. The van der Waals surface area contributed by atoms with Crippen molar-refractivity contribution in [2.24, 2.45) is 11.7 Å². The molecule has 2 aromatic rings. The highest BCUT2D eigenvalue weighted by Crippen LogP contribution is 2.38. The molecule has 0 aromatic carbocycles. The first-order valence-electron chi connectivity index (χ1n) is 8.48. The van der Waals surface area contributed by atoms with Crippen LogP contribution in [0.25, 0.3) is 0 Å². The van der Waals surface area contributed by atoms with E-state index in [0.29, 0.717) is 10.6 Å². The molecule has 0 unspecified atom stereocenters. The molecule has 0 saturated carbocycles. The predicted molar refractivity (Wildman–Crippen MR) is 98.3 cm³/mol. The fourth-order valence-corrected chi connectivity index (χ4v) is 4.40. The van der Waals surface area contributed by atoms with E-state index in [1.54, 1.807) is 6.07 Å². The van der Waals surface area contributed by atoms with Crippen LogP contribution in [0.5, 0.6) is 0 Å². The van der Waals surface area contributed by atoms with Crippen LogP contribution in [-0.2, 0) is 17.6 Å². The van der Waals surface area contributed by atoms with Crippen LogP contribution in [0, 0.1) is 5.92 Å². The lowest BCUT2D eigenvalue weighted by atomic mass is 10.0. The molecule has 1 aliphatic rings. The zero-order valence-corrected chi connectivity index (χ0v) is 15.4. The summed E-state index contributed by atoms with van der Waals surface area (Å²) in [7, 11) is 0. The van der Waals surface area contributed by atoms with Crippen molar-refractivity contribution < 1.29 is 18.8 Å². The summed E-state index contributed by atoms with van der Waals surface area (Å²) in [5, 5.41) is 5.93. The summed E-state index contributed by atoms with van der Waals surface area (Å²) < 4.78 is 5.06. The molecule has 1 aliphatic carbocycles. The fraction of sp³-hybridized carbons (Fsp3) is 0.389. The summed E-state index contributed by atoms with van der Waals surface area (Å²) in [5.41, 5.74) is 6.86. The molecular formula is C18H21N3O4S. The van der Waals surface area contributed by atoms with Crippen LogP contribution in [0.4, 0.5) is 5.00 Å². The quantitative estimate of drug-likeness (QED) is 0.719. The number of aryl methyl sites for hydroxylation is 1. The lowest BCUT2D eigenvalue weighted by Crippen LogP contribution is -2.47. The summed E-state index contributed by atoms with van der Waals surface area (Å²) in [6.07, 6.45) is 4.07. The normalized spacial score (nSPS) is 14.1. The molecule has 3 amide bonds. The van der Waals surface area contributed by atoms with Gasteiger partial charge in [0, 0.05) is 4.88 Å². The second-order valence-electron chi connectivity index (χ2n) is 6.59. The Kier molecular flexibility index (Phi) is 5.13. The molecule has 2 heterocycles. The maximum atomic E-state index is 12.8. The minimum absolute atomic E-state index is 0.136. The van der Waals surface area contributed by atoms with Gasteiger partial charge in [-0.2, -0.15) is 0 Å². The molecule has 1 atom stereocenters. The summed E-state index contributed by atoms with van der Waals surface area (Å²) >= 11 is 1.39. The zero-order valence-electron chi connectivity index (χ0n) is 14.6. The van der Waals surface area contributed by atoms with Crippen LogP contribution in [0.15, 0.2) is 22.8 Å². The molecule has 4 N–H and O–H groups in total. The molecule has 138 valence electrons. The van der Waals surface area contributed by atoms with Gasteiger partial charge >= 0.3 is 0 Å². The Morgan fingerprint density at radius 3 is 2.65 bits per heavy atom. The minimum Gasteiger partial charge on any atom is -0.459 e. The number of carbonyl (C=O) groups is 3. The molecular weight excluding hydrogens is 354 g/mol.